The summed E-state index contributed by atoms with van der Waals surface area (Å²) in [6.07, 6.45) is -3.73. The summed E-state index contributed by atoms with van der Waals surface area (Å²) in [5.41, 5.74) is -0.496. The average Bonchev–Trinajstić information content (AvgIpc) is 2.44. The third-order valence-electron chi connectivity index (χ3n) is 3.03. The molecule has 26 heavy (non-hydrogen) atoms. The van der Waals surface area contributed by atoms with Gasteiger partial charge in [-0.1, -0.05) is 18.2 Å². The third-order valence-corrected chi connectivity index (χ3v) is 3.95. The monoisotopic (exact) mass is 396 g/mol. The number of sulfonamides is 1. The minimum absolute atomic E-state index is 0.0336. The summed E-state index contributed by atoms with van der Waals surface area (Å²) >= 11 is 0. The van der Waals surface area contributed by atoms with Crippen LogP contribution >= 0.6 is 0 Å². The first kappa shape index (κ1) is 22.0. The van der Waals surface area contributed by atoms with Gasteiger partial charge in [0.15, 0.2) is 5.96 Å². The van der Waals surface area contributed by atoms with E-state index in [1.54, 1.807) is 19.9 Å². The number of nitrogens with one attached hydrogen (secondary N) is 3. The number of para-hydroxylation sites is 1. The van der Waals surface area contributed by atoms with Crippen molar-refractivity contribution in [1.29, 1.82) is 0 Å². The van der Waals surface area contributed by atoms with Crippen molar-refractivity contribution in [1.82, 2.24) is 15.4 Å². The average molecular weight is 396 g/mol. The van der Waals surface area contributed by atoms with Gasteiger partial charge in [0.1, 0.15) is 5.75 Å². The van der Waals surface area contributed by atoms with Crippen molar-refractivity contribution in [3.63, 3.8) is 0 Å². The molecule has 0 aromatic heterocycles. The fourth-order valence-corrected chi connectivity index (χ4v) is 3.19. The second-order valence-corrected chi connectivity index (χ2v) is 7.94. The van der Waals surface area contributed by atoms with Gasteiger partial charge in [0.05, 0.1) is 6.26 Å². The van der Waals surface area contributed by atoms with E-state index >= 15 is 0 Å². The molecule has 0 aliphatic heterocycles. The fraction of sp³-hybridized carbons (Fsp3) is 0.533. The standard InChI is InChI=1S/C15H23F3N4O3S/c1-14(2,22-26(4,23)24)10-21-13(19-3)20-9-11-7-5-6-8-12(11)25-15(16,17)18/h5-8,22H,9-10H2,1-4H3,(H2,19,20,21). The van der Waals surface area contributed by atoms with Crippen molar-refractivity contribution in [2.24, 2.45) is 4.99 Å². The molecule has 1 aromatic rings. The van der Waals surface area contributed by atoms with Crippen LogP contribution in [-0.2, 0) is 16.6 Å². The molecule has 11 heteroatoms. The number of halogens is 3. The molecule has 0 heterocycles. The van der Waals surface area contributed by atoms with Gasteiger partial charge in [0.2, 0.25) is 10.0 Å². The number of hydrogen-bond acceptors (Lipinski definition) is 4. The zero-order chi connectivity index (χ0) is 20.0. The molecule has 0 bridgehead atoms. The van der Waals surface area contributed by atoms with Crippen LogP contribution in [0.25, 0.3) is 0 Å². The molecule has 7 nitrogen and oxygen atoms in total. The first-order chi connectivity index (χ1) is 11.8. The number of aliphatic imine (C=N–C) groups is 1. The maximum Gasteiger partial charge on any atom is 0.573 e. The molecular weight excluding hydrogens is 373 g/mol. The van der Waals surface area contributed by atoms with E-state index in [4.69, 9.17) is 0 Å². The second-order valence-electron chi connectivity index (χ2n) is 6.19. The molecular formula is C15H23F3N4O3S. The van der Waals surface area contributed by atoms with Crippen LogP contribution in [0.5, 0.6) is 5.75 Å². The zero-order valence-electron chi connectivity index (χ0n) is 14.9. The number of alkyl halides is 3. The van der Waals surface area contributed by atoms with Crippen LogP contribution in [0.15, 0.2) is 29.3 Å². The quantitative estimate of drug-likeness (QED) is 0.481. The molecule has 0 aliphatic rings. The van der Waals surface area contributed by atoms with E-state index in [9.17, 15) is 21.6 Å². The Morgan fingerprint density at radius 1 is 1.19 bits per heavy atom. The Morgan fingerprint density at radius 3 is 2.35 bits per heavy atom. The Kier molecular flexibility index (Phi) is 7.27. The van der Waals surface area contributed by atoms with Crippen LogP contribution in [0.2, 0.25) is 0 Å². The van der Waals surface area contributed by atoms with Crippen molar-refractivity contribution in [2.45, 2.75) is 32.3 Å². The summed E-state index contributed by atoms with van der Waals surface area (Å²) in [5, 5.41) is 5.78. The predicted molar refractivity (Wildman–Crippen MR) is 93.4 cm³/mol. The molecule has 0 aliphatic carbocycles. The molecule has 0 amide bonds. The minimum Gasteiger partial charge on any atom is -0.405 e. The maximum absolute atomic E-state index is 12.4. The molecule has 0 saturated heterocycles. The largest absolute Gasteiger partial charge is 0.573 e. The Labute approximate surface area is 151 Å². The van der Waals surface area contributed by atoms with Gasteiger partial charge >= 0.3 is 6.36 Å². The first-order valence-corrected chi connectivity index (χ1v) is 9.47. The van der Waals surface area contributed by atoms with Gasteiger partial charge in [-0.05, 0) is 19.9 Å². The number of benzene rings is 1. The summed E-state index contributed by atoms with van der Waals surface area (Å²) in [7, 11) is -1.90. The molecule has 1 aromatic carbocycles. The smallest absolute Gasteiger partial charge is 0.405 e. The van der Waals surface area contributed by atoms with E-state index in [1.807, 2.05) is 0 Å². The highest BCUT2D eigenvalue weighted by molar-refractivity contribution is 7.88. The molecule has 0 saturated carbocycles. The lowest BCUT2D eigenvalue weighted by molar-refractivity contribution is -0.274. The van der Waals surface area contributed by atoms with E-state index in [-0.39, 0.29) is 18.8 Å². The van der Waals surface area contributed by atoms with E-state index in [1.165, 1.54) is 25.2 Å². The second kappa shape index (κ2) is 8.58. The Bertz CT molecular complexity index is 734. The van der Waals surface area contributed by atoms with E-state index < -0.39 is 21.9 Å². The van der Waals surface area contributed by atoms with Gasteiger partial charge < -0.3 is 15.4 Å². The van der Waals surface area contributed by atoms with E-state index in [0.29, 0.717) is 11.5 Å². The minimum atomic E-state index is -4.78. The molecule has 148 valence electrons. The number of rotatable bonds is 7. The lowest BCUT2D eigenvalue weighted by atomic mass is 10.1. The van der Waals surface area contributed by atoms with E-state index in [0.717, 1.165) is 6.26 Å². The highest BCUT2D eigenvalue weighted by Gasteiger charge is 2.32. The van der Waals surface area contributed by atoms with Crippen LogP contribution in [0.3, 0.4) is 0 Å². The van der Waals surface area contributed by atoms with Crippen molar-refractivity contribution in [3.05, 3.63) is 29.8 Å². The Hall–Kier alpha value is -2.01. The van der Waals surface area contributed by atoms with Crippen molar-refractivity contribution in [2.75, 3.05) is 19.8 Å². The number of ether oxygens (including phenoxy) is 1. The summed E-state index contributed by atoms with van der Waals surface area (Å²) in [4.78, 5) is 3.96. The third kappa shape index (κ3) is 8.90. The molecule has 3 N–H and O–H groups in total. The van der Waals surface area contributed by atoms with Gasteiger partial charge in [-0.15, -0.1) is 13.2 Å². The molecule has 0 unspecified atom stereocenters. The van der Waals surface area contributed by atoms with Crippen molar-refractivity contribution in [3.8, 4) is 5.75 Å². The summed E-state index contributed by atoms with van der Waals surface area (Å²) < 4.78 is 66.4. The van der Waals surface area contributed by atoms with Crippen LogP contribution in [0, 0.1) is 0 Å². The lowest BCUT2D eigenvalue weighted by Gasteiger charge is -2.26. The SMILES string of the molecule is CN=C(NCc1ccccc1OC(F)(F)F)NCC(C)(C)NS(C)(=O)=O. The Morgan fingerprint density at radius 2 is 1.81 bits per heavy atom. The van der Waals surface area contributed by atoms with Gasteiger partial charge in [-0.2, -0.15) is 0 Å². The van der Waals surface area contributed by atoms with Crippen LogP contribution in [0.1, 0.15) is 19.4 Å². The van der Waals surface area contributed by atoms with Gasteiger partial charge in [0.25, 0.3) is 0 Å². The predicted octanol–water partition coefficient (Wildman–Crippen LogP) is 1.58. The number of hydrogen-bond donors (Lipinski definition) is 3. The molecule has 1 rings (SSSR count). The van der Waals surface area contributed by atoms with Crippen molar-refractivity contribution >= 4 is 16.0 Å². The topological polar surface area (TPSA) is 91.8 Å². The van der Waals surface area contributed by atoms with E-state index in [2.05, 4.69) is 25.1 Å². The highest BCUT2D eigenvalue weighted by Crippen LogP contribution is 2.26. The van der Waals surface area contributed by atoms with Gasteiger partial charge in [-0.3, -0.25) is 4.99 Å². The summed E-state index contributed by atoms with van der Waals surface area (Å²) in [6.45, 7) is 3.61. The highest BCUT2D eigenvalue weighted by atomic mass is 32.2. The van der Waals surface area contributed by atoms with Crippen LogP contribution in [-0.4, -0.2) is 46.1 Å². The molecule has 0 fully saturated rings. The fourth-order valence-electron chi connectivity index (χ4n) is 2.12. The summed E-state index contributed by atoms with van der Waals surface area (Å²) in [6, 6.07) is 5.75. The van der Waals surface area contributed by atoms with Crippen LogP contribution in [0.4, 0.5) is 13.2 Å². The maximum atomic E-state index is 12.4. The molecule has 0 radical (unpaired) electrons. The van der Waals surface area contributed by atoms with Crippen molar-refractivity contribution < 1.29 is 26.3 Å². The zero-order valence-corrected chi connectivity index (χ0v) is 15.8. The normalized spacial score (nSPS) is 13.4. The van der Waals surface area contributed by atoms with Gasteiger partial charge in [0, 0.05) is 31.2 Å². The number of nitrogens with zero attached hydrogens (tertiary/aromatic N) is 1. The first-order valence-electron chi connectivity index (χ1n) is 7.58. The van der Waals surface area contributed by atoms with Gasteiger partial charge in [-0.25, -0.2) is 13.1 Å². The lowest BCUT2D eigenvalue weighted by Crippen LogP contribution is -2.52. The summed E-state index contributed by atoms with van der Waals surface area (Å²) in [5.74, 6) is -0.00258. The molecule has 0 atom stereocenters. The van der Waals surface area contributed by atoms with Crippen LogP contribution < -0.4 is 20.1 Å². The molecule has 0 spiro atoms. The number of guanidine groups is 1. The Balaban J connectivity index is 2.68.